The number of rotatable bonds is 1. The van der Waals surface area contributed by atoms with Gasteiger partial charge in [-0.3, -0.25) is 9.78 Å². The van der Waals surface area contributed by atoms with E-state index in [9.17, 15) is 4.79 Å². The van der Waals surface area contributed by atoms with E-state index < -0.39 is 0 Å². The van der Waals surface area contributed by atoms with Gasteiger partial charge in [0, 0.05) is 36.0 Å². The second-order valence-electron chi connectivity index (χ2n) is 4.32. The minimum atomic E-state index is 0.0106. The maximum atomic E-state index is 12.3. The van der Waals surface area contributed by atoms with Gasteiger partial charge in [-0.15, -0.1) is 0 Å². The van der Waals surface area contributed by atoms with Crippen molar-refractivity contribution in [1.82, 2.24) is 9.88 Å². The Hall–Kier alpha value is -0.740. The van der Waals surface area contributed by atoms with Crippen molar-refractivity contribution in [2.24, 2.45) is 0 Å². The van der Waals surface area contributed by atoms with Crippen molar-refractivity contribution in [3.05, 3.63) is 29.0 Å². The quantitative estimate of drug-likeness (QED) is 0.787. The molecule has 0 N–H and O–H groups in total. The van der Waals surface area contributed by atoms with Gasteiger partial charge < -0.3 is 4.90 Å². The predicted octanol–water partition coefficient (Wildman–Crippen LogP) is 2.70. The molecule has 17 heavy (non-hydrogen) atoms. The topological polar surface area (TPSA) is 33.2 Å². The monoisotopic (exact) mass is 270 g/mol. The SMILES string of the molecule is CC1CN(C(=O)c2ccncc2Cl)CC(C)S1. The molecule has 3 nitrogen and oxygen atoms in total. The van der Waals surface area contributed by atoms with Crippen LogP contribution in [-0.4, -0.2) is 39.4 Å². The molecular weight excluding hydrogens is 256 g/mol. The summed E-state index contributed by atoms with van der Waals surface area (Å²) < 4.78 is 0. The molecule has 0 bridgehead atoms. The Labute approximate surface area is 111 Å². The number of aromatic nitrogens is 1. The van der Waals surface area contributed by atoms with Crippen molar-refractivity contribution in [1.29, 1.82) is 0 Å². The first-order chi connectivity index (χ1) is 8.08. The molecule has 0 spiro atoms. The molecule has 1 aromatic rings. The Morgan fingerprint density at radius 2 is 2.12 bits per heavy atom. The minimum absolute atomic E-state index is 0.0106. The Morgan fingerprint density at radius 3 is 2.71 bits per heavy atom. The van der Waals surface area contributed by atoms with Crippen LogP contribution in [0.25, 0.3) is 0 Å². The van der Waals surface area contributed by atoms with Gasteiger partial charge in [-0.25, -0.2) is 0 Å². The van der Waals surface area contributed by atoms with Crippen molar-refractivity contribution in [2.75, 3.05) is 13.1 Å². The van der Waals surface area contributed by atoms with E-state index in [1.807, 2.05) is 16.7 Å². The van der Waals surface area contributed by atoms with Gasteiger partial charge >= 0.3 is 0 Å². The standard InChI is InChI=1S/C12H15ClN2OS/c1-8-6-15(7-9(2)17-8)12(16)10-3-4-14-5-11(10)13/h3-5,8-9H,6-7H2,1-2H3. The fraction of sp³-hybridized carbons (Fsp3) is 0.500. The van der Waals surface area contributed by atoms with Crippen LogP contribution < -0.4 is 0 Å². The van der Waals surface area contributed by atoms with E-state index in [1.54, 1.807) is 12.3 Å². The third kappa shape index (κ3) is 2.93. The third-order valence-corrected chi connectivity index (χ3v) is 4.24. The fourth-order valence-electron chi connectivity index (χ4n) is 2.06. The molecule has 1 aliphatic heterocycles. The zero-order chi connectivity index (χ0) is 12.4. The highest BCUT2D eigenvalue weighted by atomic mass is 35.5. The van der Waals surface area contributed by atoms with Crippen molar-refractivity contribution in [3.8, 4) is 0 Å². The fourth-order valence-corrected chi connectivity index (χ4v) is 3.59. The summed E-state index contributed by atoms with van der Waals surface area (Å²) in [5.74, 6) is 0.0106. The van der Waals surface area contributed by atoms with Gasteiger partial charge in [0.2, 0.25) is 0 Å². The summed E-state index contributed by atoms with van der Waals surface area (Å²) in [4.78, 5) is 18.1. The third-order valence-electron chi connectivity index (χ3n) is 2.71. The zero-order valence-corrected chi connectivity index (χ0v) is 11.5. The molecule has 1 saturated heterocycles. The lowest BCUT2D eigenvalue weighted by Crippen LogP contribution is -2.44. The lowest BCUT2D eigenvalue weighted by Gasteiger charge is -2.34. The largest absolute Gasteiger partial charge is 0.336 e. The van der Waals surface area contributed by atoms with E-state index in [1.165, 1.54) is 6.20 Å². The smallest absolute Gasteiger partial charge is 0.255 e. The highest BCUT2D eigenvalue weighted by Gasteiger charge is 2.27. The summed E-state index contributed by atoms with van der Waals surface area (Å²) >= 11 is 7.92. The van der Waals surface area contributed by atoms with Crippen LogP contribution in [0.3, 0.4) is 0 Å². The summed E-state index contributed by atoms with van der Waals surface area (Å²) in [7, 11) is 0. The van der Waals surface area contributed by atoms with E-state index in [4.69, 9.17) is 11.6 Å². The lowest BCUT2D eigenvalue weighted by atomic mass is 10.2. The van der Waals surface area contributed by atoms with Crippen LogP contribution in [0.2, 0.25) is 5.02 Å². The molecular formula is C12H15ClN2OS. The van der Waals surface area contributed by atoms with Crippen molar-refractivity contribution >= 4 is 29.3 Å². The summed E-state index contributed by atoms with van der Waals surface area (Å²) in [6.07, 6.45) is 3.12. The normalized spacial score (nSPS) is 24.8. The highest BCUT2D eigenvalue weighted by Crippen LogP contribution is 2.26. The molecule has 2 unspecified atom stereocenters. The Morgan fingerprint density at radius 1 is 1.47 bits per heavy atom. The van der Waals surface area contributed by atoms with Crippen LogP contribution in [-0.2, 0) is 0 Å². The second-order valence-corrected chi connectivity index (χ2v) is 6.61. The van der Waals surface area contributed by atoms with Crippen molar-refractivity contribution in [2.45, 2.75) is 24.3 Å². The van der Waals surface area contributed by atoms with Crippen molar-refractivity contribution in [3.63, 3.8) is 0 Å². The first-order valence-electron chi connectivity index (χ1n) is 5.62. The summed E-state index contributed by atoms with van der Waals surface area (Å²) in [6.45, 7) is 5.86. The van der Waals surface area contributed by atoms with Gasteiger partial charge in [-0.2, -0.15) is 11.8 Å². The van der Waals surface area contributed by atoms with Gasteiger partial charge in [0.05, 0.1) is 10.6 Å². The van der Waals surface area contributed by atoms with Gasteiger partial charge in [-0.1, -0.05) is 25.4 Å². The zero-order valence-electron chi connectivity index (χ0n) is 9.89. The number of hydrogen-bond donors (Lipinski definition) is 0. The van der Waals surface area contributed by atoms with Crippen LogP contribution >= 0.6 is 23.4 Å². The number of thioether (sulfide) groups is 1. The number of nitrogens with zero attached hydrogens (tertiary/aromatic N) is 2. The van der Waals surface area contributed by atoms with E-state index >= 15 is 0 Å². The van der Waals surface area contributed by atoms with E-state index in [0.29, 0.717) is 21.1 Å². The van der Waals surface area contributed by atoms with E-state index in [0.717, 1.165) is 13.1 Å². The van der Waals surface area contributed by atoms with Crippen LogP contribution in [0.15, 0.2) is 18.5 Å². The molecule has 1 fully saturated rings. The molecule has 5 heteroatoms. The highest BCUT2D eigenvalue weighted by molar-refractivity contribution is 8.00. The molecule has 92 valence electrons. The average molecular weight is 271 g/mol. The van der Waals surface area contributed by atoms with Crippen LogP contribution in [0.1, 0.15) is 24.2 Å². The molecule has 0 saturated carbocycles. The summed E-state index contributed by atoms with van der Waals surface area (Å²) in [5, 5.41) is 1.38. The molecule has 0 aromatic carbocycles. The molecule has 1 amide bonds. The van der Waals surface area contributed by atoms with Crippen LogP contribution in [0, 0.1) is 0 Å². The van der Waals surface area contributed by atoms with E-state index in [-0.39, 0.29) is 5.91 Å². The van der Waals surface area contributed by atoms with Gasteiger partial charge in [0.1, 0.15) is 0 Å². The van der Waals surface area contributed by atoms with Gasteiger partial charge in [0.15, 0.2) is 0 Å². The number of pyridine rings is 1. The van der Waals surface area contributed by atoms with Crippen LogP contribution in [0.5, 0.6) is 0 Å². The first-order valence-corrected chi connectivity index (χ1v) is 6.94. The molecule has 2 atom stereocenters. The number of carbonyl (C=O) groups excluding carboxylic acids is 1. The summed E-state index contributed by atoms with van der Waals surface area (Å²) in [6, 6.07) is 1.68. The number of amides is 1. The Kier molecular flexibility index (Phi) is 3.94. The second kappa shape index (κ2) is 5.27. The van der Waals surface area contributed by atoms with Gasteiger partial charge in [0.25, 0.3) is 5.91 Å². The minimum Gasteiger partial charge on any atom is -0.336 e. The van der Waals surface area contributed by atoms with Crippen molar-refractivity contribution < 1.29 is 4.79 Å². The molecule has 0 radical (unpaired) electrons. The van der Waals surface area contributed by atoms with Gasteiger partial charge in [-0.05, 0) is 6.07 Å². The molecule has 2 rings (SSSR count). The molecule has 1 aliphatic rings. The summed E-state index contributed by atoms with van der Waals surface area (Å²) in [5.41, 5.74) is 0.549. The lowest BCUT2D eigenvalue weighted by molar-refractivity contribution is 0.0753. The number of halogens is 1. The van der Waals surface area contributed by atoms with Crippen LogP contribution in [0.4, 0.5) is 0 Å². The maximum Gasteiger partial charge on any atom is 0.255 e. The Balaban J connectivity index is 2.17. The molecule has 0 aliphatic carbocycles. The molecule has 2 heterocycles. The Bertz CT molecular complexity index is 417. The first kappa shape index (κ1) is 12.7. The number of carbonyl (C=O) groups is 1. The maximum absolute atomic E-state index is 12.3. The average Bonchev–Trinajstić information content (AvgIpc) is 2.27. The number of hydrogen-bond acceptors (Lipinski definition) is 3. The predicted molar refractivity (Wildman–Crippen MR) is 71.7 cm³/mol. The van der Waals surface area contributed by atoms with E-state index in [2.05, 4.69) is 18.8 Å². The molecule has 1 aromatic heterocycles.